The molecule has 0 aliphatic rings. The maximum atomic E-state index is 6.06. The van der Waals surface area contributed by atoms with Crippen LogP contribution in [0.4, 0.5) is 5.69 Å². The van der Waals surface area contributed by atoms with Gasteiger partial charge in [0.25, 0.3) is 0 Å². The molecule has 0 unspecified atom stereocenters. The molecule has 2 N–H and O–H groups in total. The fourth-order valence-electron chi connectivity index (χ4n) is 1.22. The molecule has 0 radical (unpaired) electrons. The lowest BCUT2D eigenvalue weighted by Gasteiger charge is -2.04. The zero-order valence-corrected chi connectivity index (χ0v) is 10.3. The summed E-state index contributed by atoms with van der Waals surface area (Å²) in [6.07, 6.45) is 1.54. The summed E-state index contributed by atoms with van der Waals surface area (Å²) >= 11 is 7.65. The Kier molecular flexibility index (Phi) is 3.36. The summed E-state index contributed by atoms with van der Waals surface area (Å²) in [5, 5.41) is 4.71. The molecule has 0 saturated heterocycles. The lowest BCUT2D eigenvalue weighted by Crippen LogP contribution is -1.97. The standard InChI is InChI=1S/C10H11ClN4S/c1-15-10(13-6-14-15)5-16-9-4-7(12)2-3-8(9)11/h2-4,6H,5,12H2,1H3. The van der Waals surface area contributed by atoms with Gasteiger partial charge in [0.05, 0.1) is 10.8 Å². The molecule has 84 valence electrons. The van der Waals surface area contributed by atoms with Crippen molar-refractivity contribution in [3.8, 4) is 0 Å². The van der Waals surface area contributed by atoms with Crippen LogP contribution in [-0.2, 0) is 12.8 Å². The van der Waals surface area contributed by atoms with E-state index in [0.717, 1.165) is 16.5 Å². The van der Waals surface area contributed by atoms with Gasteiger partial charge in [-0.1, -0.05) is 11.6 Å². The van der Waals surface area contributed by atoms with E-state index in [1.54, 1.807) is 28.6 Å². The summed E-state index contributed by atoms with van der Waals surface area (Å²) in [6.45, 7) is 0. The van der Waals surface area contributed by atoms with E-state index >= 15 is 0 Å². The fraction of sp³-hybridized carbons (Fsp3) is 0.200. The number of benzene rings is 1. The Morgan fingerprint density at radius 1 is 1.50 bits per heavy atom. The zero-order valence-electron chi connectivity index (χ0n) is 8.72. The molecule has 16 heavy (non-hydrogen) atoms. The number of aromatic nitrogens is 3. The Morgan fingerprint density at radius 2 is 2.31 bits per heavy atom. The summed E-state index contributed by atoms with van der Waals surface area (Å²) in [5.74, 6) is 1.63. The van der Waals surface area contributed by atoms with Crippen molar-refractivity contribution in [2.24, 2.45) is 7.05 Å². The normalized spacial score (nSPS) is 10.6. The SMILES string of the molecule is Cn1ncnc1CSc1cc(N)ccc1Cl. The van der Waals surface area contributed by atoms with Crippen LogP contribution in [-0.4, -0.2) is 14.8 Å². The first-order valence-corrected chi connectivity index (χ1v) is 6.04. The highest BCUT2D eigenvalue weighted by Crippen LogP contribution is 2.30. The van der Waals surface area contributed by atoms with Crippen molar-refractivity contribution < 1.29 is 0 Å². The molecule has 0 aliphatic carbocycles. The van der Waals surface area contributed by atoms with E-state index in [1.807, 2.05) is 13.1 Å². The van der Waals surface area contributed by atoms with E-state index in [0.29, 0.717) is 10.7 Å². The van der Waals surface area contributed by atoms with Crippen molar-refractivity contribution in [2.75, 3.05) is 5.73 Å². The summed E-state index contributed by atoms with van der Waals surface area (Å²) < 4.78 is 1.74. The molecule has 0 bridgehead atoms. The van der Waals surface area contributed by atoms with Gasteiger partial charge >= 0.3 is 0 Å². The Hall–Kier alpha value is -1.20. The van der Waals surface area contributed by atoms with E-state index in [9.17, 15) is 0 Å². The van der Waals surface area contributed by atoms with E-state index < -0.39 is 0 Å². The molecular weight excluding hydrogens is 244 g/mol. The van der Waals surface area contributed by atoms with Gasteiger partial charge in [0.15, 0.2) is 0 Å². The van der Waals surface area contributed by atoms with Crippen molar-refractivity contribution in [1.82, 2.24) is 14.8 Å². The molecule has 1 aromatic heterocycles. The first-order chi connectivity index (χ1) is 7.66. The van der Waals surface area contributed by atoms with Gasteiger partial charge in [-0.2, -0.15) is 5.10 Å². The molecule has 4 nitrogen and oxygen atoms in total. The van der Waals surface area contributed by atoms with Crippen molar-refractivity contribution in [3.63, 3.8) is 0 Å². The van der Waals surface area contributed by atoms with Crippen LogP contribution in [0, 0.1) is 0 Å². The van der Waals surface area contributed by atoms with Gasteiger partial charge in [-0.15, -0.1) is 11.8 Å². The Labute approximate surface area is 103 Å². The maximum absolute atomic E-state index is 6.06. The number of nitrogens with two attached hydrogens (primary N) is 1. The second-order valence-corrected chi connectivity index (χ2v) is 4.70. The molecule has 0 amide bonds. The second kappa shape index (κ2) is 4.76. The minimum Gasteiger partial charge on any atom is -0.399 e. The van der Waals surface area contributed by atoms with Crippen LogP contribution >= 0.6 is 23.4 Å². The summed E-state index contributed by atoms with van der Waals surface area (Å²) in [6, 6.07) is 5.45. The topological polar surface area (TPSA) is 56.7 Å². The van der Waals surface area contributed by atoms with Gasteiger partial charge < -0.3 is 5.73 Å². The van der Waals surface area contributed by atoms with Gasteiger partial charge in [-0.05, 0) is 18.2 Å². The first-order valence-electron chi connectivity index (χ1n) is 4.67. The number of nitrogen functional groups attached to an aromatic ring is 1. The molecule has 1 heterocycles. The molecule has 0 atom stereocenters. The van der Waals surface area contributed by atoms with Gasteiger partial charge in [0.1, 0.15) is 12.2 Å². The Balaban J connectivity index is 2.10. The van der Waals surface area contributed by atoms with Gasteiger partial charge in [-0.3, -0.25) is 4.68 Å². The van der Waals surface area contributed by atoms with Crippen LogP contribution in [0.2, 0.25) is 5.02 Å². The van der Waals surface area contributed by atoms with E-state index in [-0.39, 0.29) is 0 Å². The van der Waals surface area contributed by atoms with Crippen LogP contribution in [0.25, 0.3) is 0 Å². The number of anilines is 1. The van der Waals surface area contributed by atoms with E-state index in [1.165, 1.54) is 6.33 Å². The van der Waals surface area contributed by atoms with Crippen molar-refractivity contribution in [2.45, 2.75) is 10.6 Å². The molecule has 0 saturated carbocycles. The molecular formula is C10H11ClN4S. The molecule has 0 fully saturated rings. The summed E-state index contributed by atoms with van der Waals surface area (Å²) in [4.78, 5) is 5.10. The Bertz CT molecular complexity index is 497. The smallest absolute Gasteiger partial charge is 0.138 e. The monoisotopic (exact) mass is 254 g/mol. The highest BCUT2D eigenvalue weighted by atomic mass is 35.5. The largest absolute Gasteiger partial charge is 0.399 e. The second-order valence-electron chi connectivity index (χ2n) is 3.28. The molecule has 1 aromatic carbocycles. The van der Waals surface area contributed by atoms with Crippen LogP contribution in [0.1, 0.15) is 5.82 Å². The van der Waals surface area contributed by atoms with Crippen LogP contribution in [0.3, 0.4) is 0 Å². The van der Waals surface area contributed by atoms with Gasteiger partial charge in [0, 0.05) is 17.6 Å². The average molecular weight is 255 g/mol. The summed E-state index contributed by atoms with van der Waals surface area (Å²) in [5.41, 5.74) is 6.41. The molecule has 6 heteroatoms. The van der Waals surface area contributed by atoms with Crippen LogP contribution in [0.5, 0.6) is 0 Å². The summed E-state index contributed by atoms with van der Waals surface area (Å²) in [7, 11) is 1.86. The van der Waals surface area contributed by atoms with Crippen LogP contribution < -0.4 is 5.73 Å². The number of halogens is 1. The van der Waals surface area contributed by atoms with Crippen molar-refractivity contribution >= 4 is 29.1 Å². The lowest BCUT2D eigenvalue weighted by atomic mass is 10.3. The Morgan fingerprint density at radius 3 is 3.00 bits per heavy atom. The average Bonchev–Trinajstić information content (AvgIpc) is 2.66. The minimum absolute atomic E-state index is 0.710. The number of aryl methyl sites for hydroxylation is 1. The molecule has 2 aromatic rings. The quantitative estimate of drug-likeness (QED) is 0.675. The highest BCUT2D eigenvalue weighted by molar-refractivity contribution is 7.98. The maximum Gasteiger partial charge on any atom is 0.138 e. The number of thioether (sulfide) groups is 1. The zero-order chi connectivity index (χ0) is 11.5. The van der Waals surface area contributed by atoms with Gasteiger partial charge in [0.2, 0.25) is 0 Å². The van der Waals surface area contributed by atoms with E-state index in [4.69, 9.17) is 17.3 Å². The predicted octanol–water partition coefficient (Wildman–Crippen LogP) is 2.34. The third-order valence-electron chi connectivity index (χ3n) is 2.12. The number of hydrogen-bond donors (Lipinski definition) is 1. The fourth-order valence-corrected chi connectivity index (χ4v) is 2.48. The molecule has 0 spiro atoms. The number of hydrogen-bond acceptors (Lipinski definition) is 4. The van der Waals surface area contributed by atoms with Gasteiger partial charge in [-0.25, -0.2) is 4.98 Å². The first kappa shape index (κ1) is 11.3. The highest BCUT2D eigenvalue weighted by Gasteiger charge is 2.05. The number of rotatable bonds is 3. The van der Waals surface area contributed by atoms with Crippen LogP contribution in [0.15, 0.2) is 29.4 Å². The van der Waals surface area contributed by atoms with Crippen molar-refractivity contribution in [3.05, 3.63) is 35.4 Å². The minimum atomic E-state index is 0.710. The molecule has 0 aliphatic heterocycles. The third-order valence-corrected chi connectivity index (χ3v) is 3.61. The predicted molar refractivity (Wildman–Crippen MR) is 66.4 cm³/mol. The lowest BCUT2D eigenvalue weighted by molar-refractivity contribution is 0.730. The third kappa shape index (κ3) is 2.48. The van der Waals surface area contributed by atoms with E-state index in [2.05, 4.69) is 10.1 Å². The van der Waals surface area contributed by atoms with Crippen molar-refractivity contribution in [1.29, 1.82) is 0 Å². The molecule has 2 rings (SSSR count). The number of nitrogens with zero attached hydrogens (tertiary/aromatic N) is 3.